The first-order valence-electron chi connectivity index (χ1n) is 16.2. The molecule has 0 radical (unpaired) electrons. The highest BCUT2D eigenvalue weighted by atomic mass is 16.7. The number of ether oxygens (including phenoxy) is 4. The second-order valence-electron chi connectivity index (χ2n) is 11.0. The van der Waals surface area contributed by atoms with Gasteiger partial charge >= 0.3 is 12.3 Å². The van der Waals surface area contributed by atoms with E-state index < -0.39 is 12.3 Å². The average Bonchev–Trinajstić information content (AvgIpc) is 3.01. The summed E-state index contributed by atoms with van der Waals surface area (Å²) in [6.07, 6.45) is 13.4. The summed E-state index contributed by atoms with van der Waals surface area (Å²) in [5, 5.41) is 2.83. The Bertz CT molecular complexity index is 1280. The lowest BCUT2D eigenvalue weighted by atomic mass is 9.93. The Morgan fingerprint density at radius 3 is 1.60 bits per heavy atom. The van der Waals surface area contributed by atoms with Gasteiger partial charge in [-0.25, -0.2) is 9.59 Å². The molecule has 3 aromatic carbocycles. The molecule has 230 valence electrons. The summed E-state index contributed by atoms with van der Waals surface area (Å²) >= 11 is 0. The molecule has 0 unspecified atom stereocenters. The summed E-state index contributed by atoms with van der Waals surface area (Å²) in [6.45, 7) is 9.20. The minimum Gasteiger partial charge on any atom is -0.434 e. The lowest BCUT2D eigenvalue weighted by Gasteiger charge is -2.19. The number of aryl methyl sites for hydroxylation is 2. The summed E-state index contributed by atoms with van der Waals surface area (Å²) in [5.41, 5.74) is 2.12. The van der Waals surface area contributed by atoms with Crippen molar-refractivity contribution in [2.45, 2.75) is 118 Å². The molecule has 42 heavy (non-hydrogen) atoms. The molecule has 3 rings (SSSR count). The topological polar surface area (TPSA) is 71.1 Å². The summed E-state index contributed by atoms with van der Waals surface area (Å²) < 4.78 is 22.8. The van der Waals surface area contributed by atoms with Gasteiger partial charge in [0.25, 0.3) is 0 Å². The molecule has 3 aromatic rings. The Hall–Kier alpha value is -3.28. The Labute approximate surface area is 252 Å². The van der Waals surface area contributed by atoms with Crippen molar-refractivity contribution in [3.05, 3.63) is 47.5 Å². The number of hydrogen-bond donors (Lipinski definition) is 0. The third-order valence-electron chi connectivity index (χ3n) is 7.76. The number of rotatable bonds is 18. The summed E-state index contributed by atoms with van der Waals surface area (Å²) in [7, 11) is 0. The minimum atomic E-state index is -0.720. The van der Waals surface area contributed by atoms with E-state index in [1.54, 1.807) is 0 Å². The van der Waals surface area contributed by atoms with Crippen molar-refractivity contribution in [3.8, 4) is 11.5 Å². The molecule has 0 aliphatic rings. The van der Waals surface area contributed by atoms with Gasteiger partial charge < -0.3 is 18.9 Å². The zero-order chi connectivity index (χ0) is 30.2. The molecule has 0 aliphatic heterocycles. The maximum Gasteiger partial charge on any atom is 0.513 e. The average molecular weight is 579 g/mol. The van der Waals surface area contributed by atoms with E-state index in [4.69, 9.17) is 18.9 Å². The van der Waals surface area contributed by atoms with Gasteiger partial charge in [-0.1, -0.05) is 122 Å². The maximum atomic E-state index is 12.9. The fourth-order valence-electron chi connectivity index (χ4n) is 5.37. The molecule has 0 N–H and O–H groups in total. The molecule has 0 fully saturated rings. The van der Waals surface area contributed by atoms with Crippen LogP contribution in [0.3, 0.4) is 0 Å². The zero-order valence-corrected chi connectivity index (χ0v) is 26.2. The van der Waals surface area contributed by atoms with Crippen molar-refractivity contribution < 1.29 is 28.5 Å². The molecule has 0 atom stereocenters. The molecule has 0 saturated carbocycles. The van der Waals surface area contributed by atoms with Gasteiger partial charge in [0.2, 0.25) is 0 Å². The Balaban J connectivity index is 1.87. The summed E-state index contributed by atoms with van der Waals surface area (Å²) in [4.78, 5) is 25.8. The monoisotopic (exact) mass is 578 g/mol. The van der Waals surface area contributed by atoms with Gasteiger partial charge in [0.1, 0.15) is 5.75 Å². The fourth-order valence-corrected chi connectivity index (χ4v) is 5.37. The van der Waals surface area contributed by atoms with Gasteiger partial charge in [-0.2, -0.15) is 0 Å². The van der Waals surface area contributed by atoms with E-state index in [0.29, 0.717) is 41.9 Å². The van der Waals surface area contributed by atoms with Gasteiger partial charge in [-0.15, -0.1) is 0 Å². The summed E-state index contributed by atoms with van der Waals surface area (Å²) in [5.74, 6) is 0.854. The quantitative estimate of drug-likeness (QED) is 0.0647. The Morgan fingerprint density at radius 1 is 0.571 bits per heavy atom. The fraction of sp³-hybridized carbons (Fsp3) is 0.556. The molecule has 0 aromatic heterocycles. The molecule has 0 bridgehead atoms. The van der Waals surface area contributed by atoms with Crippen LogP contribution in [-0.2, 0) is 22.3 Å². The van der Waals surface area contributed by atoms with E-state index in [9.17, 15) is 9.59 Å². The van der Waals surface area contributed by atoms with Crippen LogP contribution in [0.5, 0.6) is 11.5 Å². The van der Waals surface area contributed by atoms with Gasteiger partial charge in [-0.05, 0) is 42.9 Å². The van der Waals surface area contributed by atoms with Gasteiger partial charge in [0.15, 0.2) is 5.75 Å². The first kappa shape index (κ1) is 33.2. The third-order valence-corrected chi connectivity index (χ3v) is 7.76. The largest absolute Gasteiger partial charge is 0.513 e. The van der Waals surface area contributed by atoms with Crippen molar-refractivity contribution in [1.82, 2.24) is 0 Å². The van der Waals surface area contributed by atoms with Crippen molar-refractivity contribution in [1.29, 1.82) is 0 Å². The Morgan fingerprint density at radius 2 is 1.07 bits per heavy atom. The molecule has 6 nitrogen and oxygen atoms in total. The van der Waals surface area contributed by atoms with E-state index in [0.717, 1.165) is 66.8 Å². The van der Waals surface area contributed by atoms with E-state index in [2.05, 4.69) is 33.8 Å². The first-order valence-corrected chi connectivity index (χ1v) is 16.2. The third kappa shape index (κ3) is 9.64. The number of fused-ring (bicyclic) bond motifs is 2. The summed E-state index contributed by atoms with van der Waals surface area (Å²) in [6, 6.07) is 11.7. The van der Waals surface area contributed by atoms with Crippen LogP contribution in [0.4, 0.5) is 9.59 Å². The number of carbonyl (C=O) groups excluding carboxylic acids is 2. The highest BCUT2D eigenvalue weighted by Gasteiger charge is 2.23. The van der Waals surface area contributed by atoms with E-state index in [-0.39, 0.29) is 0 Å². The predicted molar refractivity (Wildman–Crippen MR) is 171 cm³/mol. The number of benzene rings is 3. The SMILES string of the molecule is CCCCCCCCOC(=O)Oc1c2ccccc2c(OC(=O)OCCCCCCCC)c2c(CC)cc(CC)cc12. The molecular weight excluding hydrogens is 528 g/mol. The molecule has 0 saturated heterocycles. The molecule has 0 heterocycles. The van der Waals surface area contributed by atoms with E-state index in [1.807, 2.05) is 30.3 Å². The van der Waals surface area contributed by atoms with Crippen LogP contribution in [-0.4, -0.2) is 25.5 Å². The zero-order valence-electron chi connectivity index (χ0n) is 26.2. The molecule has 0 spiro atoms. The lowest BCUT2D eigenvalue weighted by Crippen LogP contribution is -2.14. The van der Waals surface area contributed by atoms with Gasteiger partial charge in [-0.3, -0.25) is 0 Å². The molecular formula is C36H50O6. The lowest BCUT2D eigenvalue weighted by molar-refractivity contribution is 0.0965. The van der Waals surface area contributed by atoms with Crippen LogP contribution < -0.4 is 9.47 Å². The van der Waals surface area contributed by atoms with Crippen LogP contribution in [0.15, 0.2) is 36.4 Å². The van der Waals surface area contributed by atoms with Crippen molar-refractivity contribution in [2.75, 3.05) is 13.2 Å². The second-order valence-corrected chi connectivity index (χ2v) is 11.0. The number of unbranched alkanes of at least 4 members (excludes halogenated alkanes) is 10. The standard InChI is InChI=1S/C36H50O6/c1-5-9-11-13-15-19-23-39-35(37)41-33-29-21-17-18-22-30(29)34(32-28(8-4)25-27(7-3)26-31(32)33)42-36(38)40-24-20-16-14-12-10-6-2/h17-18,21-22,25-26H,5-16,19-20,23-24H2,1-4H3. The first-order chi connectivity index (χ1) is 20.5. The Kier molecular flexibility index (Phi) is 14.5. The highest BCUT2D eigenvalue weighted by molar-refractivity contribution is 6.13. The minimum absolute atomic E-state index is 0.326. The predicted octanol–water partition coefficient (Wildman–Crippen LogP) is 10.9. The molecule has 6 heteroatoms. The second kappa shape index (κ2) is 18.3. The van der Waals surface area contributed by atoms with Crippen LogP contribution >= 0.6 is 0 Å². The van der Waals surface area contributed by atoms with Crippen molar-refractivity contribution in [2.24, 2.45) is 0 Å². The van der Waals surface area contributed by atoms with E-state index >= 15 is 0 Å². The number of carbonyl (C=O) groups is 2. The van der Waals surface area contributed by atoms with Gasteiger partial charge in [0, 0.05) is 21.5 Å². The van der Waals surface area contributed by atoms with Crippen molar-refractivity contribution >= 4 is 33.9 Å². The van der Waals surface area contributed by atoms with Gasteiger partial charge in [0.05, 0.1) is 13.2 Å². The van der Waals surface area contributed by atoms with Crippen LogP contribution in [0.2, 0.25) is 0 Å². The van der Waals surface area contributed by atoms with E-state index in [1.165, 1.54) is 38.5 Å². The van der Waals surface area contributed by atoms with Crippen molar-refractivity contribution in [3.63, 3.8) is 0 Å². The number of hydrogen-bond acceptors (Lipinski definition) is 6. The molecule has 0 aliphatic carbocycles. The smallest absolute Gasteiger partial charge is 0.434 e. The maximum absolute atomic E-state index is 12.9. The van der Waals surface area contributed by atoms with Crippen LogP contribution in [0.1, 0.15) is 116 Å². The highest BCUT2D eigenvalue weighted by Crippen LogP contribution is 2.45. The normalized spacial score (nSPS) is 11.1. The van der Waals surface area contributed by atoms with Crippen LogP contribution in [0.25, 0.3) is 21.5 Å². The van der Waals surface area contributed by atoms with Crippen LogP contribution in [0, 0.1) is 0 Å². The molecule has 0 amide bonds.